The zero-order valence-corrected chi connectivity index (χ0v) is 13.7. The highest BCUT2D eigenvalue weighted by atomic mass is 14.5. The van der Waals surface area contributed by atoms with Gasteiger partial charge in [0, 0.05) is 0 Å². The fourth-order valence-corrected chi connectivity index (χ4v) is 4.75. The van der Waals surface area contributed by atoms with Gasteiger partial charge in [0.25, 0.3) is 0 Å². The summed E-state index contributed by atoms with van der Waals surface area (Å²) in [6.45, 7) is 14.0. The molecular formula is C19H34. The Morgan fingerprint density at radius 3 is 2.63 bits per heavy atom. The van der Waals surface area contributed by atoms with E-state index in [9.17, 15) is 0 Å². The van der Waals surface area contributed by atoms with Gasteiger partial charge in [0.1, 0.15) is 0 Å². The lowest BCUT2D eigenvalue weighted by Gasteiger charge is -2.42. The minimum absolute atomic E-state index is 0.515. The highest BCUT2D eigenvalue weighted by Gasteiger charge is 2.48. The van der Waals surface area contributed by atoms with Crippen LogP contribution in [0, 0.1) is 22.7 Å². The molecule has 2 fully saturated rings. The van der Waals surface area contributed by atoms with Crippen molar-refractivity contribution in [3.63, 3.8) is 0 Å². The molecule has 0 heterocycles. The molecule has 2 aliphatic rings. The first-order valence-electron chi connectivity index (χ1n) is 8.50. The van der Waals surface area contributed by atoms with Crippen molar-refractivity contribution >= 4 is 0 Å². The molecule has 0 saturated heterocycles. The molecule has 0 aliphatic heterocycles. The second-order valence-corrected chi connectivity index (χ2v) is 8.65. The smallest absolute Gasteiger partial charge is 0.0149 e. The number of fused-ring (bicyclic) bond motifs is 1. The van der Waals surface area contributed by atoms with Crippen LogP contribution in [0.3, 0.4) is 0 Å². The molecule has 2 aliphatic carbocycles. The van der Waals surface area contributed by atoms with Crippen LogP contribution in [0.25, 0.3) is 0 Å². The van der Waals surface area contributed by atoms with Gasteiger partial charge in [-0.3, -0.25) is 0 Å². The third-order valence-corrected chi connectivity index (χ3v) is 5.97. The minimum atomic E-state index is 0.515. The Morgan fingerprint density at radius 2 is 1.95 bits per heavy atom. The van der Waals surface area contributed by atoms with Crippen LogP contribution >= 0.6 is 0 Å². The molecule has 0 radical (unpaired) electrons. The van der Waals surface area contributed by atoms with Crippen molar-refractivity contribution in [3.8, 4) is 0 Å². The summed E-state index contributed by atoms with van der Waals surface area (Å²) in [5.41, 5.74) is 2.70. The molecule has 0 spiro atoms. The summed E-state index contributed by atoms with van der Waals surface area (Å²) in [5.74, 6) is 1.84. The normalized spacial score (nSPS) is 35.5. The zero-order valence-electron chi connectivity index (χ0n) is 13.7. The van der Waals surface area contributed by atoms with Gasteiger partial charge in [-0.25, -0.2) is 0 Å². The van der Waals surface area contributed by atoms with Gasteiger partial charge in [-0.2, -0.15) is 0 Å². The molecule has 2 rings (SSSR count). The summed E-state index contributed by atoms with van der Waals surface area (Å²) in [4.78, 5) is 0. The molecule has 110 valence electrons. The van der Waals surface area contributed by atoms with Crippen LogP contribution in [0.4, 0.5) is 0 Å². The van der Waals surface area contributed by atoms with E-state index in [1.165, 1.54) is 57.8 Å². The van der Waals surface area contributed by atoms with Gasteiger partial charge in [0.2, 0.25) is 0 Å². The Kier molecular flexibility index (Phi) is 4.48. The first-order chi connectivity index (χ1) is 8.83. The lowest BCUT2D eigenvalue weighted by atomic mass is 9.63. The summed E-state index contributed by atoms with van der Waals surface area (Å²) in [6.07, 6.45) is 12.8. The van der Waals surface area contributed by atoms with Crippen molar-refractivity contribution in [1.29, 1.82) is 0 Å². The molecular weight excluding hydrogens is 228 g/mol. The molecule has 3 atom stereocenters. The van der Waals surface area contributed by atoms with E-state index in [1.807, 2.05) is 0 Å². The van der Waals surface area contributed by atoms with Gasteiger partial charge in [-0.15, -0.1) is 0 Å². The number of hydrogen-bond donors (Lipinski definition) is 0. The molecule has 0 amide bonds. The Labute approximate surface area is 121 Å². The Bertz CT molecular complexity index is 319. The van der Waals surface area contributed by atoms with Gasteiger partial charge in [0.15, 0.2) is 0 Å². The van der Waals surface area contributed by atoms with Crippen LogP contribution in [0.15, 0.2) is 12.2 Å². The zero-order chi connectivity index (χ0) is 14.1. The quantitative estimate of drug-likeness (QED) is 0.408. The van der Waals surface area contributed by atoms with E-state index in [1.54, 1.807) is 5.57 Å². The third kappa shape index (κ3) is 3.44. The maximum Gasteiger partial charge on any atom is -0.0149 e. The standard InChI is InChI=1S/C19H34/c1-15-9-8-14-19(5)16(11-12-17(15)19)10-6-7-13-18(2,3)4/h16-17H,1,6-14H2,2-5H3. The van der Waals surface area contributed by atoms with Crippen LogP contribution in [0.2, 0.25) is 0 Å². The van der Waals surface area contributed by atoms with Gasteiger partial charge in [-0.1, -0.05) is 52.7 Å². The summed E-state index contributed by atoms with van der Waals surface area (Å²) in [6, 6.07) is 0. The highest BCUT2D eigenvalue weighted by molar-refractivity contribution is 5.14. The molecule has 0 aromatic carbocycles. The molecule has 0 aromatic rings. The van der Waals surface area contributed by atoms with Gasteiger partial charge in [0.05, 0.1) is 0 Å². The van der Waals surface area contributed by atoms with Gasteiger partial charge in [-0.05, 0) is 67.6 Å². The number of allylic oxidation sites excluding steroid dienone is 1. The van der Waals surface area contributed by atoms with E-state index < -0.39 is 0 Å². The first-order valence-corrected chi connectivity index (χ1v) is 8.50. The third-order valence-electron chi connectivity index (χ3n) is 5.97. The van der Waals surface area contributed by atoms with Crippen molar-refractivity contribution in [3.05, 3.63) is 12.2 Å². The van der Waals surface area contributed by atoms with Crippen molar-refractivity contribution in [2.24, 2.45) is 22.7 Å². The van der Waals surface area contributed by atoms with E-state index in [-0.39, 0.29) is 0 Å². The summed E-state index contributed by atoms with van der Waals surface area (Å²) >= 11 is 0. The topological polar surface area (TPSA) is 0 Å². The number of unbranched alkanes of at least 4 members (excludes halogenated alkanes) is 1. The van der Waals surface area contributed by atoms with Crippen LogP contribution in [-0.4, -0.2) is 0 Å². The lowest BCUT2D eigenvalue weighted by Crippen LogP contribution is -2.32. The highest BCUT2D eigenvalue weighted by Crippen LogP contribution is 2.58. The van der Waals surface area contributed by atoms with Crippen molar-refractivity contribution < 1.29 is 0 Å². The molecule has 0 aromatic heterocycles. The van der Waals surface area contributed by atoms with Gasteiger partial charge < -0.3 is 0 Å². The minimum Gasteiger partial charge on any atom is -0.0996 e. The molecule has 3 unspecified atom stereocenters. The Balaban J connectivity index is 1.83. The van der Waals surface area contributed by atoms with E-state index in [2.05, 4.69) is 34.3 Å². The lowest BCUT2D eigenvalue weighted by molar-refractivity contribution is 0.126. The fraction of sp³-hybridized carbons (Fsp3) is 0.895. The summed E-state index contributed by atoms with van der Waals surface area (Å²) in [7, 11) is 0. The van der Waals surface area contributed by atoms with Crippen LogP contribution in [-0.2, 0) is 0 Å². The van der Waals surface area contributed by atoms with Crippen LogP contribution in [0.5, 0.6) is 0 Å². The summed E-state index contributed by atoms with van der Waals surface area (Å²) < 4.78 is 0. The SMILES string of the molecule is C=C1CCCC2(C)C(CCCCC(C)(C)C)CCC12. The first kappa shape index (κ1) is 15.1. The van der Waals surface area contributed by atoms with E-state index in [0.29, 0.717) is 10.8 Å². The fourth-order valence-electron chi connectivity index (χ4n) is 4.75. The Hall–Kier alpha value is -0.260. The number of hydrogen-bond acceptors (Lipinski definition) is 0. The maximum absolute atomic E-state index is 4.37. The van der Waals surface area contributed by atoms with Crippen molar-refractivity contribution in [2.45, 2.75) is 85.5 Å². The van der Waals surface area contributed by atoms with E-state index in [4.69, 9.17) is 0 Å². The molecule has 19 heavy (non-hydrogen) atoms. The predicted molar refractivity (Wildman–Crippen MR) is 85.2 cm³/mol. The second kappa shape index (κ2) is 5.62. The van der Waals surface area contributed by atoms with E-state index in [0.717, 1.165) is 11.8 Å². The van der Waals surface area contributed by atoms with Crippen LogP contribution in [0.1, 0.15) is 85.5 Å². The molecule has 0 bridgehead atoms. The molecule has 0 nitrogen and oxygen atoms in total. The average molecular weight is 262 g/mol. The molecule has 0 N–H and O–H groups in total. The molecule has 2 saturated carbocycles. The Morgan fingerprint density at radius 1 is 1.21 bits per heavy atom. The average Bonchev–Trinajstić information content (AvgIpc) is 2.62. The monoisotopic (exact) mass is 262 g/mol. The summed E-state index contributed by atoms with van der Waals surface area (Å²) in [5, 5.41) is 0. The maximum atomic E-state index is 4.37. The van der Waals surface area contributed by atoms with Crippen molar-refractivity contribution in [1.82, 2.24) is 0 Å². The second-order valence-electron chi connectivity index (χ2n) is 8.65. The molecule has 0 heteroatoms. The van der Waals surface area contributed by atoms with Crippen molar-refractivity contribution in [2.75, 3.05) is 0 Å². The predicted octanol–water partition coefficient (Wildman–Crippen LogP) is 6.37. The number of rotatable bonds is 4. The largest absolute Gasteiger partial charge is 0.0996 e. The van der Waals surface area contributed by atoms with Crippen LogP contribution < -0.4 is 0 Å². The van der Waals surface area contributed by atoms with Gasteiger partial charge >= 0.3 is 0 Å². The van der Waals surface area contributed by atoms with E-state index >= 15 is 0 Å².